The molecule has 262 valence electrons. The van der Waals surface area contributed by atoms with Crippen LogP contribution in [0.1, 0.15) is 89.9 Å². The van der Waals surface area contributed by atoms with E-state index in [0.717, 1.165) is 0 Å². The SMILES string of the molecule is N#CC1C[C@H](F)CN1C(=O)CNC12CCC(C(=O)OCCOC(=O)C34CCC(NCC(=O)N5C[C@@H](F)C[C@H]5C#N)(CC3)CC4)(CC1)CC2. The summed E-state index contributed by atoms with van der Waals surface area (Å²) in [6.07, 6.45) is 5.78. The standard InChI is InChI=1S/C34H46F2N6O6/c35-23-15-25(17-37)41(21-23)27(43)19-39-33-7-1-31(2-8-33,3-9-33)29(45)47-13-14-48-30(46)32-4-10-34(11-5-32,12-6-32)40-20-28(44)42-22-24(36)16-26(42)18-38/h23-26,39-40H,1-16,19-22H2/t23-,24-,25-,26?,31?,32?,33?,34?/m0/s1. The van der Waals surface area contributed by atoms with E-state index in [1.807, 2.05) is 12.1 Å². The molecule has 0 aromatic carbocycles. The van der Waals surface area contributed by atoms with Gasteiger partial charge in [-0.3, -0.25) is 19.2 Å². The van der Waals surface area contributed by atoms with Crippen LogP contribution >= 0.6 is 0 Å². The first-order valence-electron chi connectivity index (χ1n) is 17.5. The Labute approximate surface area is 279 Å². The van der Waals surface area contributed by atoms with E-state index in [9.17, 15) is 38.5 Å². The number of rotatable bonds is 11. The predicted molar refractivity (Wildman–Crippen MR) is 165 cm³/mol. The summed E-state index contributed by atoms with van der Waals surface area (Å²) in [5, 5.41) is 25.3. The van der Waals surface area contributed by atoms with Crippen LogP contribution in [0.25, 0.3) is 0 Å². The second kappa shape index (κ2) is 13.5. The Kier molecular flexibility index (Phi) is 9.71. The second-order valence-corrected chi connectivity index (χ2v) is 15.1. The molecule has 8 fully saturated rings. The first-order chi connectivity index (χ1) is 23.0. The monoisotopic (exact) mass is 672 g/mol. The maximum atomic E-state index is 13.8. The van der Waals surface area contributed by atoms with E-state index < -0.39 is 35.3 Å². The number of nitrogens with zero attached hydrogens (tertiary/aromatic N) is 4. The molecule has 2 amide bonds. The maximum absolute atomic E-state index is 13.8. The van der Waals surface area contributed by atoms with Crippen LogP contribution in [0, 0.1) is 33.5 Å². The van der Waals surface area contributed by atoms with Crippen LogP contribution < -0.4 is 10.6 Å². The Hall–Kier alpha value is -3.36. The van der Waals surface area contributed by atoms with Gasteiger partial charge in [-0.15, -0.1) is 0 Å². The number of nitriles is 2. The zero-order valence-corrected chi connectivity index (χ0v) is 27.4. The van der Waals surface area contributed by atoms with E-state index >= 15 is 0 Å². The fourth-order valence-corrected chi connectivity index (χ4v) is 9.18. The molecule has 2 heterocycles. The zero-order chi connectivity index (χ0) is 34.2. The van der Waals surface area contributed by atoms with Gasteiger partial charge in [0.2, 0.25) is 11.8 Å². The molecule has 12 nitrogen and oxygen atoms in total. The number of nitrogens with one attached hydrogen (secondary N) is 2. The molecule has 6 aliphatic carbocycles. The lowest BCUT2D eigenvalue weighted by Gasteiger charge is -2.52. The first-order valence-corrected chi connectivity index (χ1v) is 17.5. The van der Waals surface area contributed by atoms with Crippen LogP contribution in [-0.2, 0) is 28.7 Å². The van der Waals surface area contributed by atoms with Crippen LogP contribution in [0.5, 0.6) is 0 Å². The highest BCUT2D eigenvalue weighted by atomic mass is 19.1. The van der Waals surface area contributed by atoms with Crippen LogP contribution in [0.3, 0.4) is 0 Å². The van der Waals surface area contributed by atoms with Crippen LogP contribution in [0.2, 0.25) is 0 Å². The largest absolute Gasteiger partial charge is 0.462 e. The number of halogens is 2. The van der Waals surface area contributed by atoms with Crippen molar-refractivity contribution in [3.63, 3.8) is 0 Å². The molecule has 0 spiro atoms. The van der Waals surface area contributed by atoms with Crippen molar-refractivity contribution >= 4 is 23.8 Å². The summed E-state index contributed by atoms with van der Waals surface area (Å²) < 4.78 is 38.8. The Balaban J connectivity index is 0.889. The lowest BCUT2D eigenvalue weighted by molar-refractivity contribution is -0.173. The minimum atomic E-state index is -1.17. The number of fused-ring (bicyclic) bond motifs is 6. The quantitative estimate of drug-likeness (QED) is 0.246. The van der Waals surface area contributed by atoms with Crippen molar-refractivity contribution in [3.05, 3.63) is 0 Å². The molecule has 0 aromatic heterocycles. The average molecular weight is 673 g/mol. The Morgan fingerprint density at radius 1 is 0.625 bits per heavy atom. The number of esters is 2. The van der Waals surface area contributed by atoms with Crippen molar-refractivity contribution in [1.29, 1.82) is 10.5 Å². The van der Waals surface area contributed by atoms with Crippen molar-refractivity contribution in [2.24, 2.45) is 10.8 Å². The minimum absolute atomic E-state index is 0.0146. The third-order valence-corrected chi connectivity index (χ3v) is 12.6. The van der Waals surface area contributed by atoms with Gasteiger partial charge in [-0.05, 0) is 77.0 Å². The summed E-state index contributed by atoms with van der Waals surface area (Å²) in [4.78, 5) is 54.5. The number of alkyl halides is 2. The number of likely N-dealkylation sites (tertiary alicyclic amines) is 2. The second-order valence-electron chi connectivity index (χ2n) is 15.1. The summed E-state index contributed by atoms with van der Waals surface area (Å²) in [5.74, 6) is -1.10. The molecule has 4 bridgehead atoms. The third kappa shape index (κ3) is 6.62. The van der Waals surface area contributed by atoms with Gasteiger partial charge in [0.15, 0.2) is 0 Å². The van der Waals surface area contributed by atoms with E-state index in [0.29, 0.717) is 77.0 Å². The molecular weight excluding hydrogens is 626 g/mol. The van der Waals surface area contributed by atoms with Gasteiger partial charge in [0, 0.05) is 23.9 Å². The molecular formula is C34H46F2N6O6. The number of hydrogen-bond donors (Lipinski definition) is 2. The normalized spacial score (nSPS) is 38.3. The molecule has 8 rings (SSSR count). The van der Waals surface area contributed by atoms with Crippen LogP contribution in [-0.4, -0.2) is 108 Å². The average Bonchev–Trinajstić information content (AvgIpc) is 3.71. The van der Waals surface area contributed by atoms with Crippen molar-refractivity contribution in [3.8, 4) is 12.1 Å². The number of ether oxygens (including phenoxy) is 2. The van der Waals surface area contributed by atoms with Gasteiger partial charge < -0.3 is 29.9 Å². The van der Waals surface area contributed by atoms with Gasteiger partial charge in [-0.25, -0.2) is 8.78 Å². The van der Waals surface area contributed by atoms with Gasteiger partial charge in [-0.1, -0.05) is 0 Å². The molecule has 2 saturated heterocycles. The summed E-state index contributed by atoms with van der Waals surface area (Å²) in [6, 6.07) is 2.57. The molecule has 0 aromatic rings. The number of amides is 2. The third-order valence-electron chi connectivity index (χ3n) is 12.6. The van der Waals surface area contributed by atoms with Gasteiger partial charge >= 0.3 is 11.9 Å². The van der Waals surface area contributed by atoms with Crippen molar-refractivity contribution in [2.75, 3.05) is 39.4 Å². The van der Waals surface area contributed by atoms with E-state index in [1.165, 1.54) is 9.80 Å². The molecule has 2 aliphatic heterocycles. The fourth-order valence-electron chi connectivity index (χ4n) is 9.18. The summed E-state index contributed by atoms with van der Waals surface area (Å²) >= 11 is 0. The minimum Gasteiger partial charge on any atom is -0.462 e. The van der Waals surface area contributed by atoms with E-state index in [-0.39, 0.29) is 87.1 Å². The van der Waals surface area contributed by atoms with Gasteiger partial charge in [0.05, 0.1) is 49.1 Å². The van der Waals surface area contributed by atoms with Crippen molar-refractivity contribution in [1.82, 2.24) is 20.4 Å². The number of hydrogen-bond acceptors (Lipinski definition) is 10. The number of carbonyl (C=O) groups excluding carboxylic acids is 4. The van der Waals surface area contributed by atoms with Gasteiger partial charge in [0.1, 0.15) is 37.6 Å². The summed E-state index contributed by atoms with van der Waals surface area (Å²) in [6.45, 7) is -0.0476. The zero-order valence-electron chi connectivity index (χ0n) is 27.4. The fraction of sp³-hybridized carbons (Fsp3) is 0.824. The molecule has 14 heteroatoms. The highest BCUT2D eigenvalue weighted by molar-refractivity contribution is 5.81. The Morgan fingerprint density at radius 2 is 0.958 bits per heavy atom. The molecule has 8 aliphatic rings. The molecule has 0 radical (unpaired) electrons. The number of carbonyl (C=O) groups is 4. The highest BCUT2D eigenvalue weighted by Crippen LogP contribution is 2.54. The lowest BCUT2D eigenvalue weighted by atomic mass is 9.57. The van der Waals surface area contributed by atoms with Gasteiger partial charge in [0.25, 0.3) is 0 Å². The highest BCUT2D eigenvalue weighted by Gasteiger charge is 2.55. The van der Waals surface area contributed by atoms with Crippen LogP contribution in [0.15, 0.2) is 0 Å². The molecule has 6 saturated carbocycles. The first kappa shape index (κ1) is 34.5. The van der Waals surface area contributed by atoms with Gasteiger partial charge in [-0.2, -0.15) is 10.5 Å². The predicted octanol–water partition coefficient (Wildman–Crippen LogP) is 2.36. The Bertz CT molecular complexity index is 1230. The van der Waals surface area contributed by atoms with E-state index in [4.69, 9.17) is 9.47 Å². The lowest BCUT2D eigenvalue weighted by Crippen LogP contribution is -2.59. The smallest absolute Gasteiger partial charge is 0.312 e. The molecule has 4 atom stereocenters. The van der Waals surface area contributed by atoms with Crippen molar-refractivity contribution in [2.45, 2.75) is 125 Å². The topological polar surface area (TPSA) is 165 Å². The van der Waals surface area contributed by atoms with Crippen molar-refractivity contribution < 1.29 is 37.4 Å². The Morgan fingerprint density at radius 3 is 1.27 bits per heavy atom. The summed E-state index contributed by atoms with van der Waals surface area (Å²) in [7, 11) is 0. The van der Waals surface area contributed by atoms with E-state index in [1.54, 1.807) is 0 Å². The van der Waals surface area contributed by atoms with E-state index in [2.05, 4.69) is 10.6 Å². The molecule has 48 heavy (non-hydrogen) atoms. The maximum Gasteiger partial charge on any atom is 0.312 e. The van der Waals surface area contributed by atoms with Crippen LogP contribution in [0.4, 0.5) is 8.78 Å². The summed E-state index contributed by atoms with van der Waals surface area (Å²) in [5.41, 5.74) is -1.69. The molecule has 2 N–H and O–H groups in total. The molecule has 1 unspecified atom stereocenters.